The maximum absolute atomic E-state index is 12.8. The van der Waals surface area contributed by atoms with Crippen molar-refractivity contribution in [1.29, 1.82) is 0 Å². The Hall–Kier alpha value is -1.73. The highest BCUT2D eigenvalue weighted by Crippen LogP contribution is 2.34. The first-order valence-corrected chi connectivity index (χ1v) is 9.41. The molecule has 2 heterocycles. The third kappa shape index (κ3) is 4.76. The fourth-order valence-electron chi connectivity index (χ4n) is 2.98. The van der Waals surface area contributed by atoms with Crippen molar-refractivity contribution >= 4 is 17.7 Å². The Morgan fingerprint density at radius 2 is 1.85 bits per heavy atom. The summed E-state index contributed by atoms with van der Waals surface area (Å²) in [6, 6.07) is 10.7. The molecule has 3 rings (SSSR count). The van der Waals surface area contributed by atoms with E-state index < -0.39 is 11.7 Å². The predicted octanol–water partition coefficient (Wildman–Crippen LogP) is 1.35. The summed E-state index contributed by atoms with van der Waals surface area (Å²) < 4.78 is 40.4. The van der Waals surface area contributed by atoms with Crippen molar-refractivity contribution in [3.63, 3.8) is 0 Å². The van der Waals surface area contributed by atoms with Gasteiger partial charge in [-0.25, -0.2) is 0 Å². The van der Waals surface area contributed by atoms with E-state index in [1.165, 1.54) is 23.9 Å². The van der Waals surface area contributed by atoms with Crippen LogP contribution in [-0.2, 0) is 11.0 Å². The molecule has 0 bridgehead atoms. The first kappa shape index (κ1) is 21.6. The summed E-state index contributed by atoms with van der Waals surface area (Å²) in [5, 5.41) is 0. The minimum absolute atomic E-state index is 0. The van der Waals surface area contributed by atoms with E-state index in [1.807, 2.05) is 33.9 Å². The van der Waals surface area contributed by atoms with Gasteiger partial charge in [-0.1, -0.05) is 25.6 Å². The zero-order chi connectivity index (χ0) is 18.9. The van der Waals surface area contributed by atoms with Crippen molar-refractivity contribution in [3.05, 3.63) is 54.2 Å². The van der Waals surface area contributed by atoms with E-state index in [9.17, 15) is 18.0 Å². The molecule has 27 heavy (non-hydrogen) atoms. The number of alkyl halides is 3. The Morgan fingerprint density at radius 1 is 1.19 bits per heavy atom. The topological polar surface area (TPSA) is 24.2 Å². The lowest BCUT2D eigenvalue weighted by atomic mass is 10.1. The van der Waals surface area contributed by atoms with Gasteiger partial charge in [0.05, 0.1) is 11.3 Å². The molecule has 1 aromatic heterocycles. The average molecular weight is 417 g/mol. The number of thioether (sulfide) groups is 1. The summed E-state index contributed by atoms with van der Waals surface area (Å²) in [5.74, 6) is 0.827. The maximum Gasteiger partial charge on any atom is 0.416 e. The highest BCUT2D eigenvalue weighted by Gasteiger charge is 2.40. The van der Waals surface area contributed by atoms with Crippen LogP contribution in [0.5, 0.6) is 0 Å². The zero-order valence-electron chi connectivity index (χ0n) is 14.9. The van der Waals surface area contributed by atoms with E-state index in [4.69, 9.17) is 0 Å². The highest BCUT2D eigenvalue weighted by atomic mass is 35.5. The third-order valence-corrected chi connectivity index (χ3v) is 5.33. The Labute approximate surface area is 167 Å². The van der Waals surface area contributed by atoms with Gasteiger partial charge < -0.3 is 12.4 Å². The molecule has 0 N–H and O–H groups in total. The van der Waals surface area contributed by atoms with E-state index in [0.29, 0.717) is 23.8 Å². The largest absolute Gasteiger partial charge is 1.00 e. The Bertz CT molecular complexity index is 796. The first-order chi connectivity index (χ1) is 12.3. The number of hydrogen-bond donors (Lipinski definition) is 0. The van der Waals surface area contributed by atoms with Crippen LogP contribution in [0.2, 0.25) is 0 Å². The second kappa shape index (κ2) is 8.52. The minimum Gasteiger partial charge on any atom is -1.00 e. The molecule has 0 radical (unpaired) electrons. The number of hydrogen-bond acceptors (Lipinski definition) is 2. The van der Waals surface area contributed by atoms with Crippen LogP contribution in [0.15, 0.2) is 48.7 Å². The van der Waals surface area contributed by atoms with Gasteiger partial charge in [-0.15, -0.1) is 0 Å². The summed E-state index contributed by atoms with van der Waals surface area (Å²) in [4.78, 5) is 14.1. The lowest BCUT2D eigenvalue weighted by Gasteiger charge is -2.22. The monoisotopic (exact) mass is 416 g/mol. The molecule has 146 valence electrons. The summed E-state index contributed by atoms with van der Waals surface area (Å²) in [6.07, 6.45) is -2.48. The number of carbonyl (C=O) groups excluding carboxylic acids is 1. The van der Waals surface area contributed by atoms with Gasteiger partial charge in [0.25, 0.3) is 5.50 Å². The van der Waals surface area contributed by atoms with Crippen molar-refractivity contribution in [2.75, 3.05) is 12.3 Å². The first-order valence-electron chi connectivity index (χ1n) is 8.36. The van der Waals surface area contributed by atoms with Crippen molar-refractivity contribution in [2.45, 2.75) is 25.5 Å². The number of pyridine rings is 1. The zero-order valence-corrected chi connectivity index (χ0v) is 16.5. The van der Waals surface area contributed by atoms with Gasteiger partial charge in [-0.05, 0) is 36.2 Å². The molecule has 3 nitrogen and oxygen atoms in total. The van der Waals surface area contributed by atoms with Crippen LogP contribution in [-0.4, -0.2) is 23.1 Å². The van der Waals surface area contributed by atoms with Crippen LogP contribution in [0.3, 0.4) is 0 Å². The van der Waals surface area contributed by atoms with Crippen LogP contribution in [0.4, 0.5) is 13.2 Å². The number of carbonyl (C=O) groups is 1. The number of benzene rings is 1. The third-order valence-electron chi connectivity index (χ3n) is 4.14. The summed E-state index contributed by atoms with van der Waals surface area (Å²) >= 11 is 1.53. The molecule has 2 aromatic rings. The predicted molar refractivity (Wildman–Crippen MR) is 95.1 cm³/mol. The Kier molecular flexibility index (Phi) is 6.81. The molecule has 8 heteroatoms. The van der Waals surface area contributed by atoms with E-state index in [1.54, 1.807) is 0 Å². The van der Waals surface area contributed by atoms with E-state index >= 15 is 0 Å². The summed E-state index contributed by atoms with van der Waals surface area (Å²) in [5.41, 5.74) is 0.601. The van der Waals surface area contributed by atoms with Gasteiger partial charge in [-0.2, -0.15) is 17.7 Å². The fourth-order valence-corrected chi connectivity index (χ4v) is 4.17. The van der Waals surface area contributed by atoms with E-state index in [2.05, 4.69) is 13.8 Å². The number of nitrogens with zero attached hydrogens (tertiary/aromatic N) is 2. The number of rotatable bonds is 4. The molecule has 1 saturated heterocycles. The Balaban J connectivity index is 0.00000261. The normalized spacial score (nSPS) is 17.3. The van der Waals surface area contributed by atoms with E-state index in [0.717, 1.165) is 17.8 Å². The molecule has 1 aromatic carbocycles. The second-order valence-corrected chi connectivity index (χ2v) is 7.69. The SMILES string of the molecule is CC(C)CN1C(=O)CSC1[n+]1ccccc1-c1ccc(C(F)(F)F)cc1.[Cl-]. The fraction of sp³-hybridized carbons (Fsp3) is 0.368. The molecule has 1 aliphatic rings. The maximum atomic E-state index is 12.8. The van der Waals surface area contributed by atoms with Gasteiger partial charge in [0.2, 0.25) is 11.6 Å². The van der Waals surface area contributed by atoms with Gasteiger partial charge in [0.15, 0.2) is 6.20 Å². The molecule has 1 aliphatic heterocycles. The standard InChI is InChI=1S/C19H20F3N2OS.ClH/c1-13(2)11-24-17(25)12-26-18(24)23-10-4-3-5-16(23)14-6-8-15(9-7-14)19(20,21)22;/h3-10,13,18H,11-12H2,1-2H3;1H/q+1;/p-1. The second-order valence-electron chi connectivity index (χ2n) is 6.65. The van der Waals surface area contributed by atoms with Crippen molar-refractivity contribution in [1.82, 2.24) is 4.90 Å². The number of amides is 1. The minimum atomic E-state index is -4.35. The van der Waals surface area contributed by atoms with Crippen LogP contribution in [0, 0.1) is 5.92 Å². The van der Waals surface area contributed by atoms with Crippen molar-refractivity contribution in [2.24, 2.45) is 5.92 Å². The molecule has 1 amide bonds. The number of halogens is 4. The van der Waals surface area contributed by atoms with Crippen LogP contribution in [0.1, 0.15) is 24.9 Å². The van der Waals surface area contributed by atoms with Gasteiger partial charge >= 0.3 is 6.18 Å². The molecule has 1 unspecified atom stereocenters. The van der Waals surface area contributed by atoms with E-state index in [-0.39, 0.29) is 23.8 Å². The van der Waals surface area contributed by atoms with Crippen LogP contribution in [0.25, 0.3) is 11.3 Å². The summed E-state index contributed by atoms with van der Waals surface area (Å²) in [7, 11) is 0. The average Bonchev–Trinajstić information content (AvgIpc) is 2.94. The van der Waals surface area contributed by atoms with Crippen molar-refractivity contribution in [3.8, 4) is 11.3 Å². The molecule has 1 fully saturated rings. The lowest BCUT2D eigenvalue weighted by Crippen LogP contribution is -3.00. The smallest absolute Gasteiger partial charge is 0.416 e. The van der Waals surface area contributed by atoms with Gasteiger partial charge in [0, 0.05) is 24.2 Å². The molecule has 1 atom stereocenters. The molecule has 0 spiro atoms. The molecule has 0 saturated carbocycles. The molecular formula is C19H20ClF3N2OS. The van der Waals surface area contributed by atoms with Crippen LogP contribution < -0.4 is 17.0 Å². The lowest BCUT2D eigenvalue weighted by molar-refractivity contribution is -0.705. The summed E-state index contributed by atoms with van der Waals surface area (Å²) in [6.45, 7) is 4.75. The van der Waals surface area contributed by atoms with Crippen molar-refractivity contribution < 1.29 is 34.9 Å². The Morgan fingerprint density at radius 3 is 2.44 bits per heavy atom. The van der Waals surface area contributed by atoms with Gasteiger partial charge in [-0.3, -0.25) is 9.69 Å². The highest BCUT2D eigenvalue weighted by molar-refractivity contribution is 8.00. The molecular weight excluding hydrogens is 397 g/mol. The van der Waals surface area contributed by atoms with Gasteiger partial charge in [0.1, 0.15) is 0 Å². The molecule has 0 aliphatic carbocycles. The quantitative estimate of drug-likeness (QED) is 0.703. The number of aromatic nitrogens is 1. The van der Waals surface area contributed by atoms with Crippen LogP contribution >= 0.6 is 11.8 Å².